The van der Waals surface area contributed by atoms with Gasteiger partial charge in [-0.25, -0.2) is 4.39 Å². The van der Waals surface area contributed by atoms with Crippen LogP contribution in [0.15, 0.2) is 77.6 Å². The molecular weight excluding hydrogens is 399 g/mol. The number of rotatable bonds is 7. The highest BCUT2D eigenvalue weighted by atomic mass is 19.1. The van der Waals surface area contributed by atoms with E-state index in [0.717, 1.165) is 22.0 Å². The van der Waals surface area contributed by atoms with E-state index in [0.29, 0.717) is 31.1 Å². The average molecular weight is 429 g/mol. The third-order valence-corrected chi connectivity index (χ3v) is 5.82. The Labute approximate surface area is 188 Å². The lowest BCUT2D eigenvalue weighted by atomic mass is 10.0. The molecule has 0 bridgehead atoms. The van der Waals surface area contributed by atoms with Crippen LogP contribution in [0.25, 0.3) is 10.9 Å². The molecule has 1 aromatic heterocycles. The number of aromatic amines is 1. The predicted molar refractivity (Wildman–Crippen MR) is 129 cm³/mol. The summed E-state index contributed by atoms with van der Waals surface area (Å²) in [5.74, 6) is 0.231. The van der Waals surface area contributed by atoms with Crippen molar-refractivity contribution in [3.63, 3.8) is 0 Å². The second-order valence-electron chi connectivity index (χ2n) is 8.89. The Morgan fingerprint density at radius 2 is 1.62 bits per heavy atom. The van der Waals surface area contributed by atoms with Crippen molar-refractivity contribution in [2.45, 2.75) is 46.3 Å². The predicted octanol–water partition coefficient (Wildman–Crippen LogP) is 6.30. The van der Waals surface area contributed by atoms with Gasteiger partial charge in [0.05, 0.1) is 0 Å². The Balaban J connectivity index is 1.63. The number of H-pyrrole nitrogens is 1. The molecule has 4 aromatic rings. The molecule has 0 atom stereocenters. The van der Waals surface area contributed by atoms with E-state index >= 15 is 0 Å². The van der Waals surface area contributed by atoms with Gasteiger partial charge in [0.1, 0.15) is 5.82 Å². The van der Waals surface area contributed by atoms with Crippen LogP contribution in [0.2, 0.25) is 0 Å². The molecule has 1 N–H and O–H groups in total. The summed E-state index contributed by atoms with van der Waals surface area (Å²) < 4.78 is 13.8. The highest BCUT2D eigenvalue weighted by molar-refractivity contribution is 5.79. The molecule has 164 valence electrons. The van der Waals surface area contributed by atoms with Crippen LogP contribution < -0.4 is 5.56 Å². The molecule has 0 saturated carbocycles. The van der Waals surface area contributed by atoms with Gasteiger partial charge in [-0.15, -0.1) is 0 Å². The van der Waals surface area contributed by atoms with Crippen molar-refractivity contribution in [1.82, 2.24) is 9.88 Å². The number of aryl methyl sites for hydroxylation is 1. The van der Waals surface area contributed by atoms with E-state index in [1.807, 2.05) is 37.3 Å². The number of nitrogens with zero attached hydrogens (tertiary/aromatic N) is 1. The summed E-state index contributed by atoms with van der Waals surface area (Å²) in [6.07, 6.45) is 0. The molecule has 3 nitrogen and oxygen atoms in total. The molecule has 0 fully saturated rings. The summed E-state index contributed by atoms with van der Waals surface area (Å²) in [5, 5.41) is 1.01. The first-order chi connectivity index (χ1) is 15.4. The molecule has 1 heterocycles. The number of hydrogen-bond acceptors (Lipinski definition) is 2. The third kappa shape index (κ3) is 5.32. The number of nitrogens with one attached hydrogen (secondary N) is 1. The molecule has 3 aromatic carbocycles. The third-order valence-electron chi connectivity index (χ3n) is 5.82. The summed E-state index contributed by atoms with van der Waals surface area (Å²) in [4.78, 5) is 18.0. The average Bonchev–Trinajstić information content (AvgIpc) is 2.75. The number of aromatic nitrogens is 1. The minimum Gasteiger partial charge on any atom is -0.322 e. The molecule has 0 spiro atoms. The van der Waals surface area contributed by atoms with E-state index in [1.54, 1.807) is 12.1 Å². The van der Waals surface area contributed by atoms with Crippen LogP contribution in [0.3, 0.4) is 0 Å². The normalized spacial score (nSPS) is 11.6. The van der Waals surface area contributed by atoms with Crippen molar-refractivity contribution in [2.24, 2.45) is 0 Å². The molecule has 0 aliphatic rings. The zero-order valence-electron chi connectivity index (χ0n) is 18.9. The van der Waals surface area contributed by atoms with Crippen molar-refractivity contribution < 1.29 is 4.39 Å². The van der Waals surface area contributed by atoms with Crippen LogP contribution in [0.4, 0.5) is 4.39 Å². The van der Waals surface area contributed by atoms with E-state index in [2.05, 4.69) is 48.0 Å². The Morgan fingerprint density at radius 3 is 2.34 bits per heavy atom. The number of benzene rings is 3. The molecule has 4 heteroatoms. The molecule has 0 saturated heterocycles. The first-order valence-electron chi connectivity index (χ1n) is 11.1. The van der Waals surface area contributed by atoms with Crippen LogP contribution in [0.5, 0.6) is 0 Å². The lowest BCUT2D eigenvalue weighted by molar-refractivity contribution is 0.246. The largest absolute Gasteiger partial charge is 0.322 e. The second kappa shape index (κ2) is 9.49. The minimum atomic E-state index is -0.248. The van der Waals surface area contributed by atoms with E-state index < -0.39 is 0 Å². The fourth-order valence-corrected chi connectivity index (χ4v) is 4.05. The Kier molecular flexibility index (Phi) is 6.52. The molecular formula is C28H29FN2O. The summed E-state index contributed by atoms with van der Waals surface area (Å²) in [7, 11) is 0. The van der Waals surface area contributed by atoms with Gasteiger partial charge in [0.15, 0.2) is 0 Å². The Bertz CT molecular complexity index is 1270. The second-order valence-corrected chi connectivity index (χ2v) is 8.89. The number of pyridine rings is 1. The van der Waals surface area contributed by atoms with Gasteiger partial charge in [0.25, 0.3) is 5.56 Å². The molecule has 0 aliphatic heterocycles. The molecule has 32 heavy (non-hydrogen) atoms. The molecule has 4 rings (SSSR count). The lowest BCUT2D eigenvalue weighted by Crippen LogP contribution is -2.26. The number of halogens is 1. The SMILES string of the molecule is Cc1ccc2cc(CN(Cc3ccc(C(C)C)cc3)Cc3cccc(F)c3)c(=O)[nH]c2c1. The molecule has 0 amide bonds. The zero-order valence-corrected chi connectivity index (χ0v) is 18.9. The van der Waals surface area contributed by atoms with Crippen molar-refractivity contribution in [2.75, 3.05) is 0 Å². The summed E-state index contributed by atoms with van der Waals surface area (Å²) in [5.41, 5.74) is 5.93. The van der Waals surface area contributed by atoms with E-state index in [9.17, 15) is 9.18 Å². The minimum absolute atomic E-state index is 0.0810. The summed E-state index contributed by atoms with van der Waals surface area (Å²) >= 11 is 0. The smallest absolute Gasteiger partial charge is 0.252 e. The Hall–Kier alpha value is -3.24. The molecule has 0 unspecified atom stereocenters. The van der Waals surface area contributed by atoms with Gasteiger partial charge < -0.3 is 4.98 Å². The van der Waals surface area contributed by atoms with Crippen LogP contribution in [-0.4, -0.2) is 9.88 Å². The fraction of sp³-hybridized carbons (Fsp3) is 0.250. The van der Waals surface area contributed by atoms with Crippen LogP contribution in [0, 0.1) is 12.7 Å². The maximum Gasteiger partial charge on any atom is 0.252 e. The van der Waals surface area contributed by atoms with Crippen molar-refractivity contribution in [3.8, 4) is 0 Å². The van der Waals surface area contributed by atoms with Crippen LogP contribution in [-0.2, 0) is 19.6 Å². The maximum atomic E-state index is 13.8. The van der Waals surface area contributed by atoms with Crippen molar-refractivity contribution in [3.05, 3.63) is 117 Å². The van der Waals surface area contributed by atoms with Gasteiger partial charge in [0, 0.05) is 30.7 Å². The van der Waals surface area contributed by atoms with E-state index in [1.165, 1.54) is 17.2 Å². The van der Waals surface area contributed by atoms with Crippen molar-refractivity contribution >= 4 is 10.9 Å². The fourth-order valence-electron chi connectivity index (χ4n) is 4.05. The van der Waals surface area contributed by atoms with E-state index in [-0.39, 0.29) is 11.4 Å². The number of fused-ring (bicyclic) bond motifs is 1. The first kappa shape index (κ1) is 22.0. The van der Waals surface area contributed by atoms with Gasteiger partial charge in [0.2, 0.25) is 0 Å². The van der Waals surface area contributed by atoms with Gasteiger partial charge in [-0.2, -0.15) is 0 Å². The summed E-state index contributed by atoms with van der Waals surface area (Å²) in [6.45, 7) is 8.06. The van der Waals surface area contributed by atoms with Gasteiger partial charge in [-0.1, -0.05) is 62.4 Å². The zero-order chi connectivity index (χ0) is 22.7. The van der Waals surface area contributed by atoms with Gasteiger partial charge >= 0.3 is 0 Å². The quantitative estimate of drug-likeness (QED) is 0.375. The standard InChI is InChI=1S/C28H29FN2O/c1-19(2)23-11-8-21(9-12-23)16-31(17-22-5-4-6-26(29)14-22)18-25-15-24-10-7-20(3)13-27(24)30-28(25)32/h4-15,19H,16-18H2,1-3H3,(H,30,32). The Morgan fingerprint density at radius 1 is 0.875 bits per heavy atom. The van der Waals surface area contributed by atoms with Crippen LogP contribution >= 0.6 is 0 Å². The first-order valence-corrected chi connectivity index (χ1v) is 11.1. The summed E-state index contributed by atoms with van der Waals surface area (Å²) in [6, 6.07) is 23.3. The maximum absolute atomic E-state index is 13.8. The van der Waals surface area contributed by atoms with E-state index in [4.69, 9.17) is 0 Å². The highest BCUT2D eigenvalue weighted by Crippen LogP contribution is 2.19. The number of hydrogen-bond donors (Lipinski definition) is 1. The van der Waals surface area contributed by atoms with Gasteiger partial charge in [-0.05, 0) is 64.7 Å². The molecule has 0 radical (unpaired) electrons. The monoisotopic (exact) mass is 428 g/mol. The van der Waals surface area contributed by atoms with Gasteiger partial charge in [-0.3, -0.25) is 9.69 Å². The van der Waals surface area contributed by atoms with Crippen LogP contribution in [0.1, 0.15) is 47.6 Å². The molecule has 0 aliphatic carbocycles. The topological polar surface area (TPSA) is 36.1 Å². The van der Waals surface area contributed by atoms with Crippen molar-refractivity contribution in [1.29, 1.82) is 0 Å². The highest BCUT2D eigenvalue weighted by Gasteiger charge is 2.13. The lowest BCUT2D eigenvalue weighted by Gasteiger charge is -2.23.